The molecule has 3 rings (SSSR count). The maximum atomic E-state index is 13.9. The van der Waals surface area contributed by atoms with Gasteiger partial charge in [0.25, 0.3) is 5.56 Å². The number of anilines is 1. The minimum atomic E-state index is -3.71. The highest BCUT2D eigenvalue weighted by Gasteiger charge is 2.24. The van der Waals surface area contributed by atoms with Crippen LogP contribution in [-0.2, 0) is 21.4 Å². The molecule has 10 heteroatoms. The predicted octanol–water partition coefficient (Wildman–Crippen LogP) is 0.587. The van der Waals surface area contributed by atoms with E-state index in [-0.39, 0.29) is 23.2 Å². The highest BCUT2D eigenvalue weighted by molar-refractivity contribution is 7.89. The highest BCUT2D eigenvalue weighted by Crippen LogP contribution is 2.20. The molecule has 29 heavy (non-hydrogen) atoms. The Hall–Kier alpha value is -2.72. The van der Waals surface area contributed by atoms with Crippen molar-refractivity contribution in [1.29, 1.82) is 0 Å². The Morgan fingerprint density at radius 2 is 1.72 bits per heavy atom. The van der Waals surface area contributed by atoms with Crippen molar-refractivity contribution in [2.45, 2.75) is 11.4 Å². The van der Waals surface area contributed by atoms with Crippen molar-refractivity contribution in [2.24, 2.45) is 0 Å². The first-order valence-electron chi connectivity index (χ1n) is 9.10. The lowest BCUT2D eigenvalue weighted by Crippen LogP contribution is -2.50. The number of pyridine rings is 1. The Bertz CT molecular complexity index is 1060. The number of carbonyl (C=O) groups is 1. The molecule has 2 heterocycles. The van der Waals surface area contributed by atoms with E-state index in [0.717, 1.165) is 14.9 Å². The molecule has 0 aliphatic carbocycles. The first-order valence-corrected chi connectivity index (χ1v) is 10.5. The van der Waals surface area contributed by atoms with Crippen molar-refractivity contribution in [1.82, 2.24) is 13.8 Å². The van der Waals surface area contributed by atoms with Gasteiger partial charge in [-0.05, 0) is 18.2 Å². The van der Waals surface area contributed by atoms with Gasteiger partial charge in [-0.25, -0.2) is 17.1 Å². The molecule has 1 fully saturated rings. The van der Waals surface area contributed by atoms with Gasteiger partial charge in [-0.1, -0.05) is 12.1 Å². The Balaban J connectivity index is 1.69. The number of hydrogen-bond donors (Lipinski definition) is 0. The summed E-state index contributed by atoms with van der Waals surface area (Å²) in [6.45, 7) is 1.46. The molecule has 1 aliphatic rings. The normalized spacial score (nSPS) is 15.0. The lowest BCUT2D eigenvalue weighted by Gasteiger charge is -2.36. The molecule has 0 atom stereocenters. The molecule has 0 saturated carbocycles. The van der Waals surface area contributed by atoms with Crippen LogP contribution in [0.1, 0.15) is 0 Å². The summed E-state index contributed by atoms with van der Waals surface area (Å²) >= 11 is 0. The van der Waals surface area contributed by atoms with E-state index >= 15 is 0 Å². The molecular formula is C19H23FN4O4S. The molecule has 0 spiro atoms. The maximum absolute atomic E-state index is 13.9. The Morgan fingerprint density at radius 3 is 2.34 bits per heavy atom. The van der Waals surface area contributed by atoms with Gasteiger partial charge in [0.2, 0.25) is 15.9 Å². The molecular weight excluding hydrogens is 399 g/mol. The van der Waals surface area contributed by atoms with Crippen LogP contribution in [0.3, 0.4) is 0 Å². The van der Waals surface area contributed by atoms with Gasteiger partial charge < -0.3 is 14.4 Å². The summed E-state index contributed by atoms with van der Waals surface area (Å²) in [6.07, 6.45) is 1.19. The summed E-state index contributed by atoms with van der Waals surface area (Å²) in [5, 5.41) is 0. The van der Waals surface area contributed by atoms with Crippen LogP contribution in [0.5, 0.6) is 0 Å². The third-order valence-corrected chi connectivity index (χ3v) is 6.66. The standard InChI is InChI=1S/C19H23FN4O4S/c1-21(2)29(27,28)15-7-8-18(25)24(13-15)14-19(26)23-11-9-22(10-12-23)17-6-4-3-5-16(17)20/h3-8,13H,9-12,14H2,1-2H3. The van der Waals surface area contributed by atoms with E-state index in [1.54, 1.807) is 23.1 Å². The van der Waals surface area contributed by atoms with Crippen LogP contribution in [0.2, 0.25) is 0 Å². The van der Waals surface area contributed by atoms with E-state index < -0.39 is 15.6 Å². The van der Waals surface area contributed by atoms with Crippen LogP contribution in [0.15, 0.2) is 52.3 Å². The van der Waals surface area contributed by atoms with Gasteiger partial charge in [-0.3, -0.25) is 9.59 Å². The predicted molar refractivity (Wildman–Crippen MR) is 107 cm³/mol. The number of aromatic nitrogens is 1. The zero-order valence-electron chi connectivity index (χ0n) is 16.3. The number of carbonyl (C=O) groups excluding carboxylic acids is 1. The average Bonchev–Trinajstić information content (AvgIpc) is 2.70. The first kappa shape index (κ1) is 21.0. The Labute approximate surface area is 168 Å². The van der Waals surface area contributed by atoms with Crippen LogP contribution in [-0.4, -0.2) is 68.4 Å². The molecule has 0 N–H and O–H groups in total. The molecule has 1 aromatic heterocycles. The van der Waals surface area contributed by atoms with Crippen LogP contribution < -0.4 is 10.5 Å². The first-order chi connectivity index (χ1) is 13.7. The third kappa shape index (κ3) is 4.48. The zero-order chi connectivity index (χ0) is 21.2. The summed E-state index contributed by atoms with van der Waals surface area (Å²) < 4.78 is 40.6. The lowest BCUT2D eigenvalue weighted by molar-refractivity contribution is -0.132. The van der Waals surface area contributed by atoms with E-state index in [4.69, 9.17) is 0 Å². The van der Waals surface area contributed by atoms with Crippen molar-refractivity contribution in [3.63, 3.8) is 0 Å². The molecule has 1 amide bonds. The van der Waals surface area contributed by atoms with Gasteiger partial charge in [-0.2, -0.15) is 0 Å². The Morgan fingerprint density at radius 1 is 1.07 bits per heavy atom. The number of amides is 1. The van der Waals surface area contributed by atoms with Crippen molar-refractivity contribution < 1.29 is 17.6 Å². The molecule has 2 aromatic rings. The topological polar surface area (TPSA) is 82.9 Å². The molecule has 1 aromatic carbocycles. The van der Waals surface area contributed by atoms with Crippen molar-refractivity contribution >= 4 is 21.6 Å². The van der Waals surface area contributed by atoms with E-state index in [9.17, 15) is 22.4 Å². The van der Waals surface area contributed by atoms with Gasteiger partial charge >= 0.3 is 0 Å². The fourth-order valence-electron chi connectivity index (χ4n) is 3.15. The monoisotopic (exact) mass is 422 g/mol. The van der Waals surface area contributed by atoms with Crippen molar-refractivity contribution in [2.75, 3.05) is 45.2 Å². The number of sulfonamides is 1. The zero-order valence-corrected chi connectivity index (χ0v) is 17.1. The van der Waals surface area contributed by atoms with Gasteiger partial charge in [0.15, 0.2) is 0 Å². The summed E-state index contributed by atoms with van der Waals surface area (Å²) in [4.78, 5) is 28.1. The summed E-state index contributed by atoms with van der Waals surface area (Å²) in [5.41, 5.74) is 0.0402. The maximum Gasteiger partial charge on any atom is 0.251 e. The minimum absolute atomic E-state index is 0.0562. The summed E-state index contributed by atoms with van der Waals surface area (Å²) in [7, 11) is -0.925. The number of benzene rings is 1. The Kier molecular flexibility index (Phi) is 6.04. The van der Waals surface area contributed by atoms with Crippen molar-refractivity contribution in [3.05, 3.63) is 58.8 Å². The van der Waals surface area contributed by atoms with Gasteiger partial charge in [-0.15, -0.1) is 0 Å². The number of rotatable bonds is 5. The second-order valence-electron chi connectivity index (χ2n) is 6.94. The number of hydrogen-bond acceptors (Lipinski definition) is 5. The largest absolute Gasteiger partial charge is 0.366 e. The average molecular weight is 422 g/mol. The van der Waals surface area contributed by atoms with Crippen LogP contribution in [0.4, 0.5) is 10.1 Å². The fraction of sp³-hybridized carbons (Fsp3) is 0.368. The summed E-state index contributed by atoms with van der Waals surface area (Å²) in [5.74, 6) is -0.600. The van der Waals surface area contributed by atoms with E-state index in [2.05, 4.69) is 0 Å². The molecule has 1 saturated heterocycles. The van der Waals surface area contributed by atoms with Gasteiger partial charge in [0.05, 0.1) is 10.6 Å². The number of para-hydroxylation sites is 1. The second-order valence-corrected chi connectivity index (χ2v) is 9.09. The van der Waals surface area contributed by atoms with E-state index in [1.807, 2.05) is 4.90 Å². The highest BCUT2D eigenvalue weighted by atomic mass is 32.2. The molecule has 156 valence electrons. The number of halogens is 1. The number of piperazine rings is 1. The number of nitrogens with zero attached hydrogens (tertiary/aromatic N) is 4. The van der Waals surface area contributed by atoms with E-state index in [1.165, 1.54) is 32.4 Å². The molecule has 8 nitrogen and oxygen atoms in total. The van der Waals surface area contributed by atoms with Crippen LogP contribution in [0.25, 0.3) is 0 Å². The van der Waals surface area contributed by atoms with Crippen molar-refractivity contribution in [3.8, 4) is 0 Å². The molecule has 0 bridgehead atoms. The van der Waals surface area contributed by atoms with E-state index in [0.29, 0.717) is 31.9 Å². The quantitative estimate of drug-likeness (QED) is 0.704. The lowest BCUT2D eigenvalue weighted by atomic mass is 10.2. The molecule has 1 aliphatic heterocycles. The van der Waals surface area contributed by atoms with Crippen LogP contribution >= 0.6 is 0 Å². The fourth-order valence-corrected chi connectivity index (χ4v) is 4.07. The molecule has 0 unspecified atom stereocenters. The van der Waals surface area contributed by atoms with Crippen LogP contribution in [0, 0.1) is 5.82 Å². The SMILES string of the molecule is CN(C)S(=O)(=O)c1ccc(=O)n(CC(=O)N2CCN(c3ccccc3F)CC2)c1. The van der Waals surface area contributed by atoms with Gasteiger partial charge in [0, 0.05) is 52.5 Å². The van der Waals surface area contributed by atoms with Gasteiger partial charge in [0.1, 0.15) is 12.4 Å². The molecule has 0 radical (unpaired) electrons. The summed E-state index contributed by atoms with van der Waals surface area (Å²) in [6, 6.07) is 8.85. The smallest absolute Gasteiger partial charge is 0.251 e. The second kappa shape index (κ2) is 8.34. The minimum Gasteiger partial charge on any atom is -0.366 e. The third-order valence-electron chi connectivity index (χ3n) is 4.87.